The molecule has 196 valence electrons. The van der Waals surface area contributed by atoms with E-state index in [1.165, 1.54) is 0 Å². The summed E-state index contributed by atoms with van der Waals surface area (Å²) in [6, 6.07) is 33.1. The maximum Gasteiger partial charge on any atom is 0.252 e. The summed E-state index contributed by atoms with van der Waals surface area (Å²) in [5, 5.41) is 6.96. The highest BCUT2D eigenvalue weighted by molar-refractivity contribution is 6.05. The Labute approximate surface area is 226 Å². The van der Waals surface area contributed by atoms with Crippen LogP contribution < -0.4 is 25.9 Å². The summed E-state index contributed by atoms with van der Waals surface area (Å²) in [5.74, 6) is -0.613. The number of primary amides is 2. The Hall–Kier alpha value is -5.11. The van der Waals surface area contributed by atoms with Crippen molar-refractivity contribution in [2.24, 2.45) is 22.5 Å². The molecule has 2 amide bonds. The Morgan fingerprint density at radius 1 is 0.667 bits per heavy atom. The third kappa shape index (κ3) is 5.60. The van der Waals surface area contributed by atoms with Crippen LogP contribution in [0, 0.1) is 5.92 Å². The first-order valence-electron chi connectivity index (χ1n) is 12.5. The molecule has 4 aromatic rings. The molecule has 8 heteroatoms. The van der Waals surface area contributed by atoms with Crippen LogP contribution in [0.25, 0.3) is 0 Å². The van der Waals surface area contributed by atoms with Crippen molar-refractivity contribution < 1.29 is 19.1 Å². The predicted molar refractivity (Wildman–Crippen MR) is 150 cm³/mol. The largest absolute Gasteiger partial charge is 0.492 e. The molecule has 2 atom stereocenters. The average Bonchev–Trinajstić information content (AvgIpc) is 3.34. The van der Waals surface area contributed by atoms with Gasteiger partial charge in [-0.25, -0.2) is 0 Å². The number of carbonyl (C=O) groups excluding carboxylic acids is 2. The van der Waals surface area contributed by atoms with Gasteiger partial charge in [-0.05, 0) is 42.0 Å². The van der Waals surface area contributed by atoms with Gasteiger partial charge < -0.3 is 20.9 Å². The Bertz CT molecular complexity index is 1490. The fourth-order valence-electron chi connectivity index (χ4n) is 4.65. The zero-order valence-corrected chi connectivity index (χ0v) is 21.1. The zero-order chi connectivity index (χ0) is 27.2. The molecule has 5 rings (SSSR count). The number of carbonyl (C=O) groups is 2. The van der Waals surface area contributed by atoms with Crippen molar-refractivity contribution in [1.82, 2.24) is 0 Å². The highest BCUT2D eigenvalue weighted by Gasteiger charge is 2.40. The summed E-state index contributed by atoms with van der Waals surface area (Å²) < 4.78 is 12.4. The number of hydrogen-bond acceptors (Lipinski definition) is 6. The molecule has 1 aliphatic heterocycles. The highest BCUT2D eigenvalue weighted by Crippen LogP contribution is 2.33. The zero-order valence-electron chi connectivity index (χ0n) is 21.1. The summed E-state index contributed by atoms with van der Waals surface area (Å²) in [6.07, 6.45) is 0. The van der Waals surface area contributed by atoms with E-state index < -0.39 is 11.8 Å². The number of nitrogens with zero attached hydrogens (tertiary/aromatic N) is 2. The predicted octanol–water partition coefficient (Wildman–Crippen LogP) is 4.25. The quantitative estimate of drug-likeness (QED) is 0.324. The van der Waals surface area contributed by atoms with Gasteiger partial charge >= 0.3 is 0 Å². The number of hydrogen-bond donors (Lipinski definition) is 2. The summed E-state index contributed by atoms with van der Waals surface area (Å²) in [6.45, 7) is 0.386. The van der Waals surface area contributed by atoms with E-state index in [1.807, 2.05) is 65.7 Å². The van der Waals surface area contributed by atoms with Crippen LogP contribution in [-0.4, -0.2) is 36.8 Å². The lowest BCUT2D eigenvalue weighted by Gasteiger charge is -2.28. The second kappa shape index (κ2) is 11.5. The first-order chi connectivity index (χ1) is 19.0. The third-order valence-corrected chi connectivity index (χ3v) is 6.57. The number of nitrogens with two attached hydrogens (primary N) is 2. The Morgan fingerprint density at radius 3 is 1.72 bits per heavy atom. The average molecular weight is 521 g/mol. The minimum atomic E-state index is -0.568. The molecule has 0 saturated heterocycles. The third-order valence-electron chi connectivity index (χ3n) is 6.57. The Morgan fingerprint density at radius 2 is 1.15 bits per heavy atom. The van der Waals surface area contributed by atoms with E-state index >= 15 is 0 Å². The van der Waals surface area contributed by atoms with Crippen LogP contribution in [0.5, 0.6) is 11.5 Å². The molecule has 39 heavy (non-hydrogen) atoms. The van der Waals surface area contributed by atoms with E-state index in [1.54, 1.807) is 48.5 Å². The van der Waals surface area contributed by atoms with E-state index in [0.29, 0.717) is 22.6 Å². The smallest absolute Gasteiger partial charge is 0.252 e. The van der Waals surface area contributed by atoms with Crippen molar-refractivity contribution in [2.75, 3.05) is 18.2 Å². The first-order valence-corrected chi connectivity index (χ1v) is 12.5. The van der Waals surface area contributed by atoms with Crippen molar-refractivity contribution in [2.45, 2.75) is 6.04 Å². The number of hydrazone groups is 1. The minimum Gasteiger partial charge on any atom is -0.492 e. The number of ether oxygens (including phenoxy) is 2. The standard InChI is InChI=1S/C31H28N4O4/c32-30(36)23-15-7-9-17-27(23)38-19-25-26(20-39-28-18-10-8-16-24(28)31(33)37)35(22-13-5-2-6-14-22)34-29(25)21-11-3-1-4-12-21/h1-18,25-26H,19-20H2,(H2,32,36)(H2,33,37)/t25-,26+/m0/s1. The molecule has 4 aromatic carbocycles. The molecule has 0 aliphatic carbocycles. The topological polar surface area (TPSA) is 120 Å². The fraction of sp³-hybridized carbons (Fsp3) is 0.129. The van der Waals surface area contributed by atoms with Gasteiger partial charge in [-0.1, -0.05) is 72.8 Å². The number of rotatable bonds is 10. The van der Waals surface area contributed by atoms with Gasteiger partial charge in [-0.15, -0.1) is 0 Å². The summed E-state index contributed by atoms with van der Waals surface area (Å²) in [4.78, 5) is 24.0. The van der Waals surface area contributed by atoms with Crippen LogP contribution in [-0.2, 0) is 0 Å². The molecule has 0 saturated carbocycles. The van der Waals surface area contributed by atoms with Crippen molar-refractivity contribution in [1.29, 1.82) is 0 Å². The van der Waals surface area contributed by atoms with Crippen molar-refractivity contribution in [3.63, 3.8) is 0 Å². The van der Waals surface area contributed by atoms with E-state index in [0.717, 1.165) is 17.0 Å². The summed E-state index contributed by atoms with van der Waals surface area (Å²) >= 11 is 0. The molecule has 0 fully saturated rings. The number of benzene rings is 4. The monoisotopic (exact) mass is 520 g/mol. The molecule has 8 nitrogen and oxygen atoms in total. The normalized spacial score (nSPS) is 16.4. The number of anilines is 1. The Balaban J connectivity index is 1.52. The van der Waals surface area contributed by atoms with Gasteiger partial charge in [-0.2, -0.15) is 5.10 Å². The maximum absolute atomic E-state index is 12.0. The van der Waals surface area contributed by atoms with Gasteiger partial charge in [0.15, 0.2) is 0 Å². The second-order valence-electron chi connectivity index (χ2n) is 9.05. The van der Waals surface area contributed by atoms with Gasteiger partial charge in [0.25, 0.3) is 11.8 Å². The molecule has 0 bridgehead atoms. The molecular formula is C31H28N4O4. The molecule has 0 aromatic heterocycles. The van der Waals surface area contributed by atoms with Crippen LogP contribution in [0.15, 0.2) is 114 Å². The van der Waals surface area contributed by atoms with Gasteiger partial charge in [0.1, 0.15) is 18.1 Å². The SMILES string of the molecule is NC(=O)c1ccccc1OC[C@@H]1C(c2ccccc2)=NN(c2ccccc2)[C@@H]1COc1ccccc1C(N)=O. The van der Waals surface area contributed by atoms with Crippen molar-refractivity contribution >= 4 is 23.2 Å². The van der Waals surface area contributed by atoms with Crippen LogP contribution in [0.2, 0.25) is 0 Å². The van der Waals surface area contributed by atoms with E-state index in [2.05, 4.69) is 0 Å². The first kappa shape index (κ1) is 25.5. The van der Waals surface area contributed by atoms with Crippen molar-refractivity contribution in [3.05, 3.63) is 126 Å². The van der Waals surface area contributed by atoms with Gasteiger partial charge in [0, 0.05) is 0 Å². The van der Waals surface area contributed by atoms with Gasteiger partial charge in [0.05, 0.1) is 41.1 Å². The number of para-hydroxylation sites is 3. The Kier molecular flexibility index (Phi) is 7.54. The van der Waals surface area contributed by atoms with E-state index in [9.17, 15) is 9.59 Å². The lowest BCUT2D eigenvalue weighted by molar-refractivity contribution is 0.0985. The highest BCUT2D eigenvalue weighted by atomic mass is 16.5. The molecule has 1 heterocycles. The van der Waals surface area contributed by atoms with Crippen LogP contribution >= 0.6 is 0 Å². The minimum absolute atomic E-state index is 0.185. The molecule has 0 radical (unpaired) electrons. The van der Waals surface area contributed by atoms with Crippen LogP contribution in [0.3, 0.4) is 0 Å². The summed E-state index contributed by atoms with van der Waals surface area (Å²) in [5.41, 5.74) is 14.4. The van der Waals surface area contributed by atoms with Gasteiger partial charge in [-0.3, -0.25) is 14.6 Å². The lowest BCUT2D eigenvalue weighted by Crippen LogP contribution is -2.41. The van der Waals surface area contributed by atoms with E-state index in [4.69, 9.17) is 26.0 Å². The van der Waals surface area contributed by atoms with E-state index in [-0.39, 0.29) is 25.2 Å². The molecular weight excluding hydrogens is 492 g/mol. The molecule has 4 N–H and O–H groups in total. The fourth-order valence-corrected chi connectivity index (χ4v) is 4.65. The van der Waals surface area contributed by atoms with Crippen LogP contribution in [0.4, 0.5) is 5.69 Å². The number of amides is 2. The van der Waals surface area contributed by atoms with Crippen molar-refractivity contribution in [3.8, 4) is 11.5 Å². The van der Waals surface area contributed by atoms with Gasteiger partial charge in [0.2, 0.25) is 0 Å². The van der Waals surface area contributed by atoms with Crippen LogP contribution in [0.1, 0.15) is 26.3 Å². The lowest BCUT2D eigenvalue weighted by atomic mass is 9.91. The molecule has 1 aliphatic rings. The second-order valence-corrected chi connectivity index (χ2v) is 9.05. The molecule has 0 unspecified atom stereocenters. The summed E-state index contributed by atoms with van der Waals surface area (Å²) in [7, 11) is 0. The molecule has 0 spiro atoms. The maximum atomic E-state index is 12.0.